The Kier molecular flexibility index (Phi) is 11.7. The van der Waals surface area contributed by atoms with Crippen LogP contribution >= 0.6 is 23.2 Å². The van der Waals surface area contributed by atoms with Gasteiger partial charge in [0.25, 0.3) is 5.91 Å². The number of ether oxygens (including phenoxy) is 5. The number of methoxy groups -OCH3 is 1. The van der Waals surface area contributed by atoms with Gasteiger partial charge in [-0.25, -0.2) is 19.6 Å². The maximum Gasteiger partial charge on any atom is 0.364 e. The zero-order chi connectivity index (χ0) is 34.2. The summed E-state index contributed by atoms with van der Waals surface area (Å²) in [5.41, 5.74) is -0.0494. The van der Waals surface area contributed by atoms with Crippen LogP contribution in [0.5, 0.6) is 11.5 Å². The van der Waals surface area contributed by atoms with E-state index < -0.39 is 77.9 Å². The van der Waals surface area contributed by atoms with Crippen LogP contribution in [0.1, 0.15) is 47.3 Å². The minimum absolute atomic E-state index is 0.0350. The van der Waals surface area contributed by atoms with Gasteiger partial charge in [0.05, 0.1) is 18.1 Å². The van der Waals surface area contributed by atoms with E-state index in [1.54, 1.807) is 38.1 Å². The zero-order valence-corrected chi connectivity index (χ0v) is 27.2. The van der Waals surface area contributed by atoms with Crippen molar-refractivity contribution >= 4 is 53.0 Å². The lowest BCUT2D eigenvalue weighted by Crippen LogP contribution is -2.47. The Hall–Kier alpha value is -4.75. The summed E-state index contributed by atoms with van der Waals surface area (Å²) in [6.45, 7) is 4.10. The SMILES string of the molecule is COc1ccnc(C(=O)NC2COC(=O)C(Cc3ccccc3)C(OC(=O)C(C)C)C(C)OC2=O)c1OC(=O)c1nc(Cl)ccc1Cl. The van der Waals surface area contributed by atoms with E-state index in [2.05, 4.69) is 15.3 Å². The van der Waals surface area contributed by atoms with Gasteiger partial charge in [0, 0.05) is 12.3 Å². The highest BCUT2D eigenvalue weighted by atomic mass is 35.5. The van der Waals surface area contributed by atoms with Gasteiger partial charge >= 0.3 is 23.9 Å². The molecule has 0 radical (unpaired) electrons. The summed E-state index contributed by atoms with van der Waals surface area (Å²) in [7, 11) is 1.27. The number of pyridine rings is 2. The maximum atomic E-state index is 13.5. The minimum atomic E-state index is -1.54. The number of nitrogens with zero attached hydrogens (tertiary/aromatic N) is 2. The second-order valence-electron chi connectivity index (χ2n) is 10.7. The van der Waals surface area contributed by atoms with Gasteiger partial charge in [-0.1, -0.05) is 67.4 Å². The number of benzene rings is 1. The third-order valence-electron chi connectivity index (χ3n) is 6.97. The molecule has 1 fully saturated rings. The molecule has 1 aliphatic heterocycles. The normalized spacial score (nSPS) is 19.7. The van der Waals surface area contributed by atoms with E-state index in [4.69, 9.17) is 46.9 Å². The van der Waals surface area contributed by atoms with E-state index in [-0.39, 0.29) is 28.0 Å². The number of carbonyl (C=O) groups excluding carboxylic acids is 5. The Bertz CT molecular complexity index is 1650. The maximum absolute atomic E-state index is 13.5. The second-order valence-corrected chi connectivity index (χ2v) is 11.5. The van der Waals surface area contributed by atoms with Crippen LogP contribution in [0.25, 0.3) is 0 Å². The molecule has 1 aliphatic rings. The molecule has 1 saturated heterocycles. The summed E-state index contributed by atoms with van der Waals surface area (Å²) in [5.74, 6) is -6.51. The summed E-state index contributed by atoms with van der Waals surface area (Å²) < 4.78 is 27.5. The van der Waals surface area contributed by atoms with Crippen molar-refractivity contribution in [3.8, 4) is 11.5 Å². The first kappa shape index (κ1) is 35.1. The molecule has 248 valence electrons. The lowest BCUT2D eigenvalue weighted by atomic mass is 9.91. The third-order valence-corrected chi connectivity index (χ3v) is 7.49. The molecule has 0 bridgehead atoms. The molecule has 13 nitrogen and oxygen atoms in total. The first-order valence-corrected chi connectivity index (χ1v) is 15.1. The number of amides is 1. The van der Waals surface area contributed by atoms with E-state index in [1.807, 2.05) is 6.07 Å². The van der Waals surface area contributed by atoms with Crippen molar-refractivity contribution in [3.63, 3.8) is 0 Å². The Morgan fingerprint density at radius 3 is 2.43 bits per heavy atom. The lowest BCUT2D eigenvalue weighted by Gasteiger charge is -2.29. The summed E-state index contributed by atoms with van der Waals surface area (Å²) >= 11 is 12.0. The largest absolute Gasteiger partial charge is 0.493 e. The van der Waals surface area contributed by atoms with Gasteiger partial charge in [0.1, 0.15) is 23.8 Å². The molecule has 47 heavy (non-hydrogen) atoms. The Morgan fingerprint density at radius 2 is 1.74 bits per heavy atom. The van der Waals surface area contributed by atoms with Gasteiger partial charge < -0.3 is 29.0 Å². The van der Waals surface area contributed by atoms with Crippen LogP contribution in [0.3, 0.4) is 0 Å². The van der Waals surface area contributed by atoms with Gasteiger partial charge in [-0.2, -0.15) is 0 Å². The van der Waals surface area contributed by atoms with E-state index >= 15 is 0 Å². The van der Waals surface area contributed by atoms with Crippen LogP contribution < -0.4 is 14.8 Å². The first-order valence-electron chi connectivity index (χ1n) is 14.4. The molecular weight excluding hydrogens is 657 g/mol. The molecule has 1 amide bonds. The molecule has 0 spiro atoms. The highest BCUT2D eigenvalue weighted by molar-refractivity contribution is 6.34. The van der Waals surface area contributed by atoms with E-state index in [0.717, 1.165) is 5.56 Å². The smallest absolute Gasteiger partial charge is 0.364 e. The van der Waals surface area contributed by atoms with Crippen LogP contribution in [0, 0.1) is 11.8 Å². The van der Waals surface area contributed by atoms with Crippen LogP contribution in [0.2, 0.25) is 10.2 Å². The fraction of sp³-hybridized carbons (Fsp3) is 0.344. The highest BCUT2D eigenvalue weighted by Gasteiger charge is 2.42. The van der Waals surface area contributed by atoms with Crippen molar-refractivity contribution in [1.82, 2.24) is 15.3 Å². The molecule has 3 heterocycles. The van der Waals surface area contributed by atoms with Crippen LogP contribution in [-0.2, 0) is 35.0 Å². The number of halogens is 2. The molecule has 15 heteroatoms. The number of nitrogens with one attached hydrogen (secondary N) is 1. The monoisotopic (exact) mass is 687 g/mol. The molecule has 1 N–H and O–H groups in total. The van der Waals surface area contributed by atoms with Crippen LogP contribution in [0.15, 0.2) is 54.7 Å². The predicted octanol–water partition coefficient (Wildman–Crippen LogP) is 4.02. The first-order chi connectivity index (χ1) is 22.4. The fourth-order valence-corrected chi connectivity index (χ4v) is 4.86. The number of cyclic esters (lactones) is 2. The molecule has 0 aliphatic carbocycles. The number of hydrogen-bond acceptors (Lipinski definition) is 12. The van der Waals surface area contributed by atoms with Crippen molar-refractivity contribution in [3.05, 3.63) is 81.9 Å². The molecule has 4 rings (SSSR count). The van der Waals surface area contributed by atoms with E-state index in [9.17, 15) is 24.0 Å². The molecule has 4 unspecified atom stereocenters. The summed E-state index contributed by atoms with van der Waals surface area (Å²) in [5, 5.41) is 2.31. The minimum Gasteiger partial charge on any atom is -0.493 e. The number of esters is 4. The second kappa shape index (κ2) is 15.7. The van der Waals surface area contributed by atoms with Crippen LogP contribution in [-0.4, -0.2) is 71.7 Å². The van der Waals surface area contributed by atoms with Crippen molar-refractivity contribution in [2.24, 2.45) is 11.8 Å². The van der Waals surface area contributed by atoms with Crippen molar-refractivity contribution in [2.45, 2.75) is 45.4 Å². The topological polar surface area (TPSA) is 169 Å². The molecule has 4 atom stereocenters. The zero-order valence-electron chi connectivity index (χ0n) is 25.7. The van der Waals surface area contributed by atoms with E-state index in [1.165, 1.54) is 38.4 Å². The van der Waals surface area contributed by atoms with Gasteiger partial charge in [0.15, 0.2) is 29.3 Å². The molecule has 3 aromatic rings. The Balaban J connectivity index is 1.61. The van der Waals surface area contributed by atoms with Crippen LogP contribution in [0.4, 0.5) is 0 Å². The molecule has 1 aromatic carbocycles. The average Bonchev–Trinajstić information content (AvgIpc) is 3.08. The Morgan fingerprint density at radius 1 is 1.02 bits per heavy atom. The highest BCUT2D eigenvalue weighted by Crippen LogP contribution is 2.31. The van der Waals surface area contributed by atoms with E-state index in [0.29, 0.717) is 0 Å². The van der Waals surface area contributed by atoms with Crippen molar-refractivity contribution < 1.29 is 47.7 Å². The summed E-state index contributed by atoms with van der Waals surface area (Å²) in [6.07, 6.45) is -0.997. The van der Waals surface area contributed by atoms with Gasteiger partial charge in [-0.3, -0.25) is 14.4 Å². The quantitative estimate of drug-likeness (QED) is 0.195. The lowest BCUT2D eigenvalue weighted by molar-refractivity contribution is -0.176. The molecule has 0 saturated carbocycles. The van der Waals surface area contributed by atoms with Crippen molar-refractivity contribution in [2.75, 3.05) is 13.7 Å². The fourth-order valence-electron chi connectivity index (χ4n) is 4.53. The van der Waals surface area contributed by atoms with Gasteiger partial charge in [-0.05, 0) is 31.0 Å². The van der Waals surface area contributed by atoms with Gasteiger partial charge in [-0.15, -0.1) is 0 Å². The third kappa shape index (κ3) is 8.74. The number of rotatable bonds is 9. The summed E-state index contributed by atoms with van der Waals surface area (Å²) in [4.78, 5) is 73.8. The predicted molar refractivity (Wildman–Crippen MR) is 166 cm³/mol. The standard InChI is InChI=1S/C32H31Cl2N3O10/c1-16(2)29(39)46-26-17(3)45-31(41)21(15-44-30(40)19(26)14-18-8-6-5-7-9-18)36-28(38)25-27(22(43-4)12-13-35-25)47-32(42)24-20(33)10-11-23(34)37-24/h5-13,16-17,19,21,26H,14-15H2,1-4H3,(H,36,38). The number of carbonyl (C=O) groups is 5. The average molecular weight is 689 g/mol. The molecule has 2 aromatic heterocycles. The number of aromatic nitrogens is 2. The number of hydrogen-bond donors (Lipinski definition) is 1. The Labute approximate surface area is 279 Å². The van der Waals surface area contributed by atoms with Gasteiger partial charge in [0.2, 0.25) is 5.75 Å². The summed E-state index contributed by atoms with van der Waals surface area (Å²) in [6, 6.07) is 11.5. The molecular formula is C32H31Cl2N3O10. The van der Waals surface area contributed by atoms with Crippen molar-refractivity contribution in [1.29, 1.82) is 0 Å².